The molecule has 2 fully saturated rings. The van der Waals surface area contributed by atoms with E-state index in [2.05, 4.69) is 26.7 Å². The van der Waals surface area contributed by atoms with Gasteiger partial charge in [-0.15, -0.1) is 0 Å². The molecule has 0 spiro atoms. The highest BCUT2D eigenvalue weighted by Gasteiger charge is 2.27. The molecular weight excluding hydrogens is 250 g/mol. The van der Waals surface area contributed by atoms with E-state index in [1.807, 2.05) is 0 Å². The van der Waals surface area contributed by atoms with Crippen LogP contribution in [0.25, 0.3) is 0 Å². The highest BCUT2D eigenvalue weighted by atomic mass is 15.3. The van der Waals surface area contributed by atoms with Crippen LogP contribution >= 0.6 is 0 Å². The van der Waals surface area contributed by atoms with E-state index in [0.717, 1.165) is 50.0 Å². The second-order valence-electron chi connectivity index (χ2n) is 5.88. The van der Waals surface area contributed by atoms with Crippen LogP contribution in [0.2, 0.25) is 0 Å². The Kier molecular flexibility index (Phi) is 4.05. The van der Waals surface area contributed by atoms with Gasteiger partial charge in [-0.1, -0.05) is 19.8 Å². The van der Waals surface area contributed by atoms with Crippen LogP contribution in [0.1, 0.15) is 38.2 Å². The summed E-state index contributed by atoms with van der Waals surface area (Å²) in [5.41, 5.74) is 7.08. The van der Waals surface area contributed by atoms with Crippen molar-refractivity contribution in [3.05, 3.63) is 11.9 Å². The van der Waals surface area contributed by atoms with Gasteiger partial charge >= 0.3 is 0 Å². The number of piperazine rings is 1. The lowest BCUT2D eigenvalue weighted by molar-refractivity contribution is 0.187. The maximum Gasteiger partial charge on any atom is 0.137 e. The van der Waals surface area contributed by atoms with E-state index in [1.54, 1.807) is 6.33 Å². The molecule has 20 heavy (non-hydrogen) atoms. The third-order valence-corrected chi connectivity index (χ3v) is 4.76. The van der Waals surface area contributed by atoms with Gasteiger partial charge in [0.15, 0.2) is 0 Å². The summed E-state index contributed by atoms with van der Waals surface area (Å²) in [5.74, 6) is 1.68. The average Bonchev–Trinajstić information content (AvgIpc) is 3.01. The van der Waals surface area contributed by atoms with E-state index in [-0.39, 0.29) is 0 Å². The number of hydrogen-bond acceptors (Lipinski definition) is 5. The van der Waals surface area contributed by atoms with Gasteiger partial charge in [0.25, 0.3) is 0 Å². The number of nitrogens with zero attached hydrogens (tertiary/aromatic N) is 4. The largest absolute Gasteiger partial charge is 0.383 e. The first-order valence-corrected chi connectivity index (χ1v) is 7.88. The van der Waals surface area contributed by atoms with Gasteiger partial charge in [-0.05, 0) is 19.3 Å². The molecule has 2 N–H and O–H groups in total. The SMILES string of the molecule is CCc1c(N)ncnc1N1CCN(C2CCCC2)CC1. The Morgan fingerprint density at radius 1 is 1.15 bits per heavy atom. The fraction of sp³-hybridized carbons (Fsp3) is 0.733. The first-order chi connectivity index (χ1) is 9.79. The smallest absolute Gasteiger partial charge is 0.137 e. The Labute approximate surface area is 121 Å². The van der Waals surface area contributed by atoms with Crippen molar-refractivity contribution in [3.8, 4) is 0 Å². The molecular formula is C15H25N5. The van der Waals surface area contributed by atoms with Crippen LogP contribution in [0.4, 0.5) is 11.6 Å². The summed E-state index contributed by atoms with van der Waals surface area (Å²) >= 11 is 0. The maximum atomic E-state index is 5.98. The molecule has 1 aromatic heterocycles. The zero-order valence-corrected chi connectivity index (χ0v) is 12.4. The lowest BCUT2D eigenvalue weighted by Crippen LogP contribution is -2.50. The van der Waals surface area contributed by atoms with Crippen molar-refractivity contribution >= 4 is 11.6 Å². The van der Waals surface area contributed by atoms with E-state index in [4.69, 9.17) is 5.73 Å². The molecule has 5 heteroatoms. The molecule has 0 unspecified atom stereocenters. The molecule has 2 heterocycles. The number of rotatable bonds is 3. The Morgan fingerprint density at radius 2 is 1.85 bits per heavy atom. The normalized spacial score (nSPS) is 21.6. The molecule has 1 saturated carbocycles. The van der Waals surface area contributed by atoms with Crippen molar-refractivity contribution < 1.29 is 0 Å². The van der Waals surface area contributed by atoms with E-state index in [0.29, 0.717) is 5.82 Å². The Morgan fingerprint density at radius 3 is 2.50 bits per heavy atom. The second-order valence-corrected chi connectivity index (χ2v) is 5.88. The van der Waals surface area contributed by atoms with Crippen LogP contribution < -0.4 is 10.6 Å². The monoisotopic (exact) mass is 275 g/mol. The highest BCUT2D eigenvalue weighted by Crippen LogP contribution is 2.27. The fourth-order valence-electron chi connectivity index (χ4n) is 3.60. The molecule has 5 nitrogen and oxygen atoms in total. The van der Waals surface area contributed by atoms with Crippen molar-refractivity contribution in [2.75, 3.05) is 36.8 Å². The molecule has 0 atom stereocenters. The molecule has 1 aliphatic heterocycles. The lowest BCUT2D eigenvalue weighted by Gasteiger charge is -2.39. The summed E-state index contributed by atoms with van der Waals surface area (Å²) in [6.07, 6.45) is 8.08. The molecule has 1 aromatic rings. The maximum absolute atomic E-state index is 5.98. The molecule has 3 rings (SSSR count). The highest BCUT2D eigenvalue weighted by molar-refractivity contribution is 5.56. The fourth-order valence-corrected chi connectivity index (χ4v) is 3.60. The number of nitrogen functional groups attached to an aromatic ring is 1. The minimum Gasteiger partial charge on any atom is -0.383 e. The summed E-state index contributed by atoms with van der Waals surface area (Å²) in [6, 6.07) is 0.832. The lowest BCUT2D eigenvalue weighted by atomic mass is 10.1. The van der Waals surface area contributed by atoms with Gasteiger partial charge in [0.2, 0.25) is 0 Å². The van der Waals surface area contributed by atoms with Crippen LogP contribution in [0.15, 0.2) is 6.33 Å². The van der Waals surface area contributed by atoms with Crippen LogP contribution in [0.3, 0.4) is 0 Å². The van der Waals surface area contributed by atoms with Gasteiger partial charge in [-0.2, -0.15) is 0 Å². The standard InChI is InChI=1S/C15H25N5/c1-2-13-14(16)17-11-18-15(13)20-9-7-19(8-10-20)12-5-3-4-6-12/h11-12H,2-10H2,1H3,(H2,16,17,18). The van der Waals surface area contributed by atoms with Gasteiger partial charge in [0.1, 0.15) is 18.0 Å². The third-order valence-electron chi connectivity index (χ3n) is 4.76. The first kappa shape index (κ1) is 13.6. The molecule has 2 aliphatic rings. The van der Waals surface area contributed by atoms with Gasteiger partial charge in [0, 0.05) is 37.8 Å². The predicted molar refractivity (Wildman–Crippen MR) is 81.9 cm³/mol. The Balaban J connectivity index is 1.67. The summed E-state index contributed by atoms with van der Waals surface area (Å²) in [6.45, 7) is 6.53. The molecule has 1 saturated heterocycles. The van der Waals surface area contributed by atoms with Crippen molar-refractivity contribution in [2.45, 2.75) is 45.1 Å². The van der Waals surface area contributed by atoms with Crippen LogP contribution in [-0.2, 0) is 6.42 Å². The summed E-state index contributed by atoms with van der Waals surface area (Å²) < 4.78 is 0. The third kappa shape index (κ3) is 2.59. The van der Waals surface area contributed by atoms with E-state index in [9.17, 15) is 0 Å². The number of hydrogen-bond donors (Lipinski definition) is 1. The van der Waals surface area contributed by atoms with Gasteiger partial charge in [-0.3, -0.25) is 4.90 Å². The summed E-state index contributed by atoms with van der Waals surface area (Å²) in [5, 5.41) is 0. The van der Waals surface area contributed by atoms with Crippen molar-refractivity contribution in [2.24, 2.45) is 0 Å². The molecule has 0 radical (unpaired) electrons. The Hall–Kier alpha value is -1.36. The summed E-state index contributed by atoms with van der Waals surface area (Å²) in [4.78, 5) is 13.6. The second kappa shape index (κ2) is 5.95. The average molecular weight is 275 g/mol. The van der Waals surface area contributed by atoms with Gasteiger partial charge in [0.05, 0.1) is 0 Å². The molecule has 0 aromatic carbocycles. The molecule has 0 bridgehead atoms. The molecule has 0 amide bonds. The topological polar surface area (TPSA) is 58.3 Å². The molecule has 1 aliphatic carbocycles. The first-order valence-electron chi connectivity index (χ1n) is 7.88. The van der Waals surface area contributed by atoms with E-state index in [1.165, 1.54) is 25.7 Å². The van der Waals surface area contributed by atoms with Gasteiger partial charge < -0.3 is 10.6 Å². The number of aromatic nitrogens is 2. The quantitative estimate of drug-likeness (QED) is 0.909. The minimum atomic E-state index is 0.635. The van der Waals surface area contributed by atoms with Crippen molar-refractivity contribution in [3.63, 3.8) is 0 Å². The zero-order valence-electron chi connectivity index (χ0n) is 12.4. The van der Waals surface area contributed by atoms with Crippen LogP contribution in [0, 0.1) is 0 Å². The number of nitrogens with two attached hydrogens (primary N) is 1. The van der Waals surface area contributed by atoms with E-state index >= 15 is 0 Å². The van der Waals surface area contributed by atoms with Crippen molar-refractivity contribution in [1.82, 2.24) is 14.9 Å². The van der Waals surface area contributed by atoms with Gasteiger partial charge in [-0.25, -0.2) is 9.97 Å². The predicted octanol–water partition coefficient (Wildman–Crippen LogP) is 1.69. The van der Waals surface area contributed by atoms with E-state index < -0.39 is 0 Å². The van der Waals surface area contributed by atoms with Crippen LogP contribution in [-0.4, -0.2) is 47.1 Å². The van der Waals surface area contributed by atoms with Crippen LogP contribution in [0.5, 0.6) is 0 Å². The Bertz CT molecular complexity index is 448. The minimum absolute atomic E-state index is 0.635. The summed E-state index contributed by atoms with van der Waals surface area (Å²) in [7, 11) is 0. The zero-order chi connectivity index (χ0) is 13.9. The number of anilines is 2. The molecule has 110 valence electrons. The van der Waals surface area contributed by atoms with Crippen molar-refractivity contribution in [1.29, 1.82) is 0 Å².